The van der Waals surface area contributed by atoms with Crippen LogP contribution < -0.4 is 5.32 Å². The van der Waals surface area contributed by atoms with Gasteiger partial charge in [0, 0.05) is 13.0 Å². The zero-order valence-electron chi connectivity index (χ0n) is 12.9. The first-order valence-corrected chi connectivity index (χ1v) is 7.49. The second-order valence-electron chi connectivity index (χ2n) is 5.81. The highest BCUT2D eigenvalue weighted by atomic mass is 16.3. The first-order valence-electron chi connectivity index (χ1n) is 7.49. The van der Waals surface area contributed by atoms with Crippen molar-refractivity contribution in [1.82, 2.24) is 5.32 Å². The van der Waals surface area contributed by atoms with Crippen molar-refractivity contribution in [3.63, 3.8) is 0 Å². The topological polar surface area (TPSA) is 49.3 Å². The molecule has 3 nitrogen and oxygen atoms in total. The predicted octanol–water partition coefficient (Wildman–Crippen LogP) is 2.84. The molecule has 1 amide bonds. The number of unbranched alkanes of at least 4 members (excludes halogenated alkanes) is 1. The fraction of sp³-hybridized carbons (Fsp3) is 0.588. The average molecular weight is 277 g/mol. The molecule has 0 aromatic heterocycles. The summed E-state index contributed by atoms with van der Waals surface area (Å²) in [7, 11) is 0. The van der Waals surface area contributed by atoms with Gasteiger partial charge in [-0.15, -0.1) is 0 Å². The maximum Gasteiger partial charge on any atom is 0.220 e. The van der Waals surface area contributed by atoms with E-state index >= 15 is 0 Å². The van der Waals surface area contributed by atoms with Crippen molar-refractivity contribution in [2.75, 3.05) is 6.54 Å². The Morgan fingerprint density at radius 3 is 2.45 bits per heavy atom. The van der Waals surface area contributed by atoms with Gasteiger partial charge in [-0.3, -0.25) is 4.79 Å². The number of nitrogens with one attached hydrogen (secondary N) is 1. The van der Waals surface area contributed by atoms with E-state index in [1.54, 1.807) is 0 Å². The monoisotopic (exact) mass is 277 g/mol. The molecule has 112 valence electrons. The van der Waals surface area contributed by atoms with Gasteiger partial charge in [0.2, 0.25) is 5.91 Å². The number of aryl methyl sites for hydroxylation is 2. The predicted molar refractivity (Wildman–Crippen MR) is 82.6 cm³/mol. The van der Waals surface area contributed by atoms with Crippen LogP contribution in [0.1, 0.15) is 44.2 Å². The summed E-state index contributed by atoms with van der Waals surface area (Å²) in [4.78, 5) is 11.6. The van der Waals surface area contributed by atoms with Gasteiger partial charge in [-0.1, -0.05) is 43.7 Å². The van der Waals surface area contributed by atoms with E-state index in [4.69, 9.17) is 0 Å². The fourth-order valence-electron chi connectivity index (χ4n) is 1.91. The molecular weight excluding hydrogens is 250 g/mol. The zero-order chi connectivity index (χ0) is 15.0. The lowest BCUT2D eigenvalue weighted by molar-refractivity contribution is -0.121. The highest BCUT2D eigenvalue weighted by molar-refractivity contribution is 5.75. The maximum atomic E-state index is 11.6. The third-order valence-electron chi connectivity index (χ3n) is 3.52. The Morgan fingerprint density at radius 1 is 1.20 bits per heavy atom. The van der Waals surface area contributed by atoms with Crippen LogP contribution in [0.25, 0.3) is 0 Å². The van der Waals surface area contributed by atoms with Crippen molar-refractivity contribution in [2.45, 2.75) is 52.6 Å². The van der Waals surface area contributed by atoms with Gasteiger partial charge in [-0.05, 0) is 37.7 Å². The van der Waals surface area contributed by atoms with Crippen LogP contribution in [0, 0.1) is 12.8 Å². The standard InChI is InChI=1S/C17H27NO2/c1-13(2)16(19)12-18-17(20)7-5-4-6-15-10-8-14(3)9-11-15/h8-11,13,16,19H,4-7,12H2,1-3H3,(H,18,20). The molecule has 0 fully saturated rings. The zero-order valence-corrected chi connectivity index (χ0v) is 12.9. The summed E-state index contributed by atoms with van der Waals surface area (Å²) in [6.45, 7) is 6.32. The van der Waals surface area contributed by atoms with Gasteiger partial charge in [0.15, 0.2) is 0 Å². The van der Waals surface area contributed by atoms with E-state index in [0.717, 1.165) is 19.3 Å². The molecule has 0 radical (unpaired) electrons. The minimum absolute atomic E-state index is 0.0357. The molecule has 0 bridgehead atoms. The number of hydrogen-bond acceptors (Lipinski definition) is 2. The Labute approximate surface area is 122 Å². The maximum absolute atomic E-state index is 11.6. The lowest BCUT2D eigenvalue weighted by atomic mass is 10.1. The lowest BCUT2D eigenvalue weighted by Gasteiger charge is -2.14. The van der Waals surface area contributed by atoms with Crippen molar-refractivity contribution in [2.24, 2.45) is 5.92 Å². The van der Waals surface area contributed by atoms with E-state index < -0.39 is 6.10 Å². The van der Waals surface area contributed by atoms with E-state index in [1.807, 2.05) is 13.8 Å². The van der Waals surface area contributed by atoms with Crippen molar-refractivity contribution in [1.29, 1.82) is 0 Å². The summed E-state index contributed by atoms with van der Waals surface area (Å²) >= 11 is 0. The van der Waals surface area contributed by atoms with Crippen molar-refractivity contribution in [3.05, 3.63) is 35.4 Å². The molecule has 3 heteroatoms. The Bertz CT molecular complexity index is 398. The van der Waals surface area contributed by atoms with E-state index in [1.165, 1.54) is 11.1 Å². The van der Waals surface area contributed by atoms with Gasteiger partial charge in [0.05, 0.1) is 6.10 Å². The second-order valence-corrected chi connectivity index (χ2v) is 5.81. The lowest BCUT2D eigenvalue weighted by Crippen LogP contribution is -2.34. The molecule has 0 aliphatic carbocycles. The Kier molecular flexibility index (Phi) is 7.31. The van der Waals surface area contributed by atoms with Crippen LogP contribution >= 0.6 is 0 Å². The minimum Gasteiger partial charge on any atom is -0.391 e. The summed E-state index contributed by atoms with van der Waals surface area (Å²) in [6.07, 6.45) is 3.01. The summed E-state index contributed by atoms with van der Waals surface area (Å²) in [6, 6.07) is 8.54. The first-order chi connectivity index (χ1) is 9.49. The number of carbonyl (C=O) groups excluding carboxylic acids is 1. The molecule has 0 aliphatic heterocycles. The van der Waals surface area contributed by atoms with Crippen LogP contribution in [0.2, 0.25) is 0 Å². The van der Waals surface area contributed by atoms with E-state index in [0.29, 0.717) is 13.0 Å². The largest absolute Gasteiger partial charge is 0.391 e. The summed E-state index contributed by atoms with van der Waals surface area (Å²) in [5.41, 5.74) is 2.60. The molecule has 0 saturated carbocycles. The first kappa shape index (κ1) is 16.7. The highest BCUT2D eigenvalue weighted by Gasteiger charge is 2.10. The van der Waals surface area contributed by atoms with Gasteiger partial charge in [0.1, 0.15) is 0 Å². The smallest absolute Gasteiger partial charge is 0.220 e. The van der Waals surface area contributed by atoms with Crippen LogP contribution in [-0.2, 0) is 11.2 Å². The number of amides is 1. The molecular formula is C17H27NO2. The molecule has 1 unspecified atom stereocenters. The van der Waals surface area contributed by atoms with Gasteiger partial charge < -0.3 is 10.4 Å². The van der Waals surface area contributed by atoms with Crippen molar-refractivity contribution < 1.29 is 9.90 Å². The van der Waals surface area contributed by atoms with Gasteiger partial charge in [-0.2, -0.15) is 0 Å². The number of rotatable bonds is 8. The third-order valence-corrected chi connectivity index (χ3v) is 3.52. The number of hydrogen-bond donors (Lipinski definition) is 2. The molecule has 1 atom stereocenters. The second kappa shape index (κ2) is 8.75. The van der Waals surface area contributed by atoms with Gasteiger partial charge in [0.25, 0.3) is 0 Å². The quantitative estimate of drug-likeness (QED) is 0.718. The molecule has 2 N–H and O–H groups in total. The van der Waals surface area contributed by atoms with Gasteiger partial charge in [-0.25, -0.2) is 0 Å². The van der Waals surface area contributed by atoms with Crippen molar-refractivity contribution >= 4 is 5.91 Å². The number of carbonyl (C=O) groups is 1. The summed E-state index contributed by atoms with van der Waals surface area (Å²) < 4.78 is 0. The van der Waals surface area contributed by atoms with Crippen LogP contribution in [0.4, 0.5) is 0 Å². The van der Waals surface area contributed by atoms with Crippen LogP contribution in [0.3, 0.4) is 0 Å². The van der Waals surface area contributed by atoms with E-state index in [2.05, 4.69) is 36.5 Å². The van der Waals surface area contributed by atoms with Crippen molar-refractivity contribution in [3.8, 4) is 0 Å². The molecule has 1 aromatic rings. The van der Waals surface area contributed by atoms with Crippen LogP contribution in [0.5, 0.6) is 0 Å². The number of benzene rings is 1. The molecule has 0 heterocycles. The summed E-state index contributed by atoms with van der Waals surface area (Å²) in [5, 5.41) is 12.4. The molecule has 0 saturated heterocycles. The van der Waals surface area contributed by atoms with Crippen LogP contribution in [0.15, 0.2) is 24.3 Å². The Balaban J connectivity index is 2.11. The fourth-order valence-corrected chi connectivity index (χ4v) is 1.91. The van der Waals surface area contributed by atoms with E-state index in [9.17, 15) is 9.90 Å². The average Bonchev–Trinajstić information content (AvgIpc) is 2.42. The Morgan fingerprint density at radius 2 is 1.85 bits per heavy atom. The SMILES string of the molecule is Cc1ccc(CCCCC(=O)NCC(O)C(C)C)cc1. The number of aliphatic hydroxyl groups excluding tert-OH is 1. The normalized spacial score (nSPS) is 12.4. The molecule has 1 aromatic carbocycles. The van der Waals surface area contributed by atoms with E-state index in [-0.39, 0.29) is 11.8 Å². The minimum atomic E-state index is -0.452. The van der Waals surface area contributed by atoms with Crippen LogP contribution in [-0.4, -0.2) is 23.7 Å². The highest BCUT2D eigenvalue weighted by Crippen LogP contribution is 2.08. The summed E-state index contributed by atoms with van der Waals surface area (Å²) in [5.74, 6) is 0.213. The molecule has 0 aliphatic rings. The third kappa shape index (κ3) is 6.71. The molecule has 1 rings (SSSR count). The van der Waals surface area contributed by atoms with Gasteiger partial charge >= 0.3 is 0 Å². The molecule has 0 spiro atoms. The number of aliphatic hydroxyl groups is 1. The Hall–Kier alpha value is -1.35. The molecule has 20 heavy (non-hydrogen) atoms.